The second-order valence-corrected chi connectivity index (χ2v) is 8.76. The van der Waals surface area contributed by atoms with Crippen LogP contribution in [0.5, 0.6) is 5.75 Å². The Kier molecular flexibility index (Phi) is 7.90. The highest BCUT2D eigenvalue weighted by atomic mass is 79.9. The molecule has 26 heavy (non-hydrogen) atoms. The molecule has 0 saturated carbocycles. The number of phenols is 1. The summed E-state index contributed by atoms with van der Waals surface area (Å²) in [4.78, 5) is 12.7. The predicted octanol–water partition coefficient (Wildman–Crippen LogP) is 4.22. The van der Waals surface area contributed by atoms with Crippen molar-refractivity contribution >= 4 is 52.7 Å². The summed E-state index contributed by atoms with van der Waals surface area (Å²) in [5.74, 6) is 0.105. The van der Waals surface area contributed by atoms with E-state index in [1.165, 1.54) is 0 Å². The summed E-state index contributed by atoms with van der Waals surface area (Å²) in [6.07, 6.45) is 3.80. The van der Waals surface area contributed by atoms with Gasteiger partial charge in [0, 0.05) is 5.69 Å². The third-order valence-corrected chi connectivity index (χ3v) is 5.54. The SMILES string of the molecule is BC(C)(C)c1cc(NC(=S)NC(=O)C(CC)(CC)CC=C)cc(Br)c1O. The number of benzene rings is 1. The lowest BCUT2D eigenvalue weighted by Crippen LogP contribution is -2.44. The van der Waals surface area contributed by atoms with Crippen LogP contribution in [0.25, 0.3) is 0 Å². The maximum atomic E-state index is 12.7. The molecule has 7 heteroatoms. The number of allylic oxidation sites excluding steroid dienone is 1. The molecule has 142 valence electrons. The molecule has 0 radical (unpaired) electrons. The van der Waals surface area contributed by atoms with E-state index in [2.05, 4.69) is 33.1 Å². The maximum absolute atomic E-state index is 12.7. The van der Waals surface area contributed by atoms with Crippen molar-refractivity contribution in [3.8, 4) is 5.75 Å². The number of hydrogen-bond acceptors (Lipinski definition) is 3. The number of aromatic hydroxyl groups is 1. The van der Waals surface area contributed by atoms with Crippen LogP contribution < -0.4 is 10.6 Å². The minimum atomic E-state index is -0.500. The summed E-state index contributed by atoms with van der Waals surface area (Å²) in [6, 6.07) is 3.58. The average molecular weight is 439 g/mol. The fraction of sp³-hybridized carbons (Fsp3) is 0.474. The fourth-order valence-corrected chi connectivity index (χ4v) is 3.54. The summed E-state index contributed by atoms with van der Waals surface area (Å²) in [6.45, 7) is 11.8. The molecule has 1 rings (SSSR count). The lowest BCUT2D eigenvalue weighted by atomic mass is 9.67. The Labute approximate surface area is 171 Å². The zero-order valence-corrected chi connectivity index (χ0v) is 18.6. The van der Waals surface area contributed by atoms with E-state index < -0.39 is 5.41 Å². The lowest BCUT2D eigenvalue weighted by Gasteiger charge is -2.29. The van der Waals surface area contributed by atoms with Crippen molar-refractivity contribution in [1.29, 1.82) is 0 Å². The van der Waals surface area contributed by atoms with Gasteiger partial charge in [0.2, 0.25) is 5.91 Å². The van der Waals surface area contributed by atoms with Crippen molar-refractivity contribution in [2.45, 2.75) is 52.3 Å². The first kappa shape index (κ1) is 22.7. The van der Waals surface area contributed by atoms with Crippen LogP contribution in [0.2, 0.25) is 0 Å². The molecule has 0 spiro atoms. The van der Waals surface area contributed by atoms with Gasteiger partial charge in [-0.2, -0.15) is 0 Å². The molecule has 0 aromatic heterocycles. The van der Waals surface area contributed by atoms with E-state index in [1.54, 1.807) is 12.1 Å². The summed E-state index contributed by atoms with van der Waals surface area (Å²) >= 11 is 8.70. The molecule has 0 aliphatic rings. The third kappa shape index (κ3) is 5.33. The monoisotopic (exact) mass is 438 g/mol. The van der Waals surface area contributed by atoms with E-state index in [1.807, 2.05) is 41.6 Å². The summed E-state index contributed by atoms with van der Waals surface area (Å²) in [7, 11) is 2.02. The number of nitrogens with one attached hydrogen (secondary N) is 2. The predicted molar refractivity (Wildman–Crippen MR) is 120 cm³/mol. The number of phenolic OH excluding ortho intramolecular Hbond substituents is 1. The highest BCUT2D eigenvalue weighted by molar-refractivity contribution is 9.10. The van der Waals surface area contributed by atoms with Crippen molar-refractivity contribution in [3.63, 3.8) is 0 Å². The lowest BCUT2D eigenvalue weighted by molar-refractivity contribution is -0.129. The van der Waals surface area contributed by atoms with Gasteiger partial charge in [0.05, 0.1) is 9.89 Å². The smallest absolute Gasteiger partial charge is 0.232 e. The molecule has 0 bridgehead atoms. The van der Waals surface area contributed by atoms with Crippen LogP contribution in [0.3, 0.4) is 0 Å². The van der Waals surface area contributed by atoms with Crippen LogP contribution in [0.15, 0.2) is 29.3 Å². The fourth-order valence-electron chi connectivity index (χ4n) is 2.87. The molecule has 0 atom stereocenters. The average Bonchev–Trinajstić information content (AvgIpc) is 2.54. The topological polar surface area (TPSA) is 61.4 Å². The molecular weight excluding hydrogens is 411 g/mol. The number of thiocarbonyl (C=S) groups is 1. The van der Waals surface area contributed by atoms with Crippen LogP contribution in [0, 0.1) is 5.41 Å². The molecule has 4 nitrogen and oxygen atoms in total. The van der Waals surface area contributed by atoms with Gasteiger partial charge < -0.3 is 15.7 Å². The van der Waals surface area contributed by atoms with Crippen molar-refractivity contribution < 1.29 is 9.90 Å². The Morgan fingerprint density at radius 3 is 2.42 bits per heavy atom. The summed E-state index contributed by atoms with van der Waals surface area (Å²) < 4.78 is 0.574. The van der Waals surface area contributed by atoms with Crippen LogP contribution in [-0.4, -0.2) is 24.0 Å². The van der Waals surface area contributed by atoms with Crippen LogP contribution in [0.1, 0.15) is 52.5 Å². The van der Waals surface area contributed by atoms with Crippen molar-refractivity contribution in [2.24, 2.45) is 5.41 Å². The normalized spacial score (nSPS) is 11.7. The van der Waals surface area contributed by atoms with Gasteiger partial charge in [0.1, 0.15) is 13.6 Å². The van der Waals surface area contributed by atoms with Crippen LogP contribution in [0.4, 0.5) is 5.69 Å². The number of carbonyl (C=O) groups excluding carboxylic acids is 1. The maximum Gasteiger partial charge on any atom is 0.232 e. The molecule has 0 aliphatic carbocycles. The molecule has 1 aromatic rings. The van der Waals surface area contributed by atoms with E-state index in [0.29, 0.717) is 29.4 Å². The van der Waals surface area contributed by atoms with Gasteiger partial charge in [-0.05, 0) is 70.4 Å². The molecule has 3 N–H and O–H groups in total. The van der Waals surface area contributed by atoms with E-state index in [4.69, 9.17) is 12.2 Å². The van der Waals surface area contributed by atoms with Crippen molar-refractivity contribution in [3.05, 3.63) is 34.8 Å². The molecule has 0 saturated heterocycles. The quantitative estimate of drug-likeness (QED) is 0.258. The van der Waals surface area contributed by atoms with E-state index in [9.17, 15) is 9.90 Å². The van der Waals surface area contributed by atoms with Gasteiger partial charge in [-0.25, -0.2) is 0 Å². The van der Waals surface area contributed by atoms with Crippen molar-refractivity contribution in [2.75, 3.05) is 5.32 Å². The second kappa shape index (κ2) is 9.04. The standard InChI is InChI=1S/C19H28BBrN2O2S/c1-6-9-19(7-2,8-3)16(25)23-17(26)22-12-10-13(18(4,5)20)15(24)14(21)11-12/h6,10-11,24H,1,7-9,20H2,2-5H3,(H2,22,23,25,26). The first-order chi connectivity index (χ1) is 12.0. The number of rotatable bonds is 7. The Morgan fingerprint density at radius 2 is 1.96 bits per heavy atom. The van der Waals surface area contributed by atoms with Crippen LogP contribution >= 0.6 is 28.1 Å². The molecule has 0 unspecified atom stereocenters. The van der Waals surface area contributed by atoms with E-state index in [-0.39, 0.29) is 22.1 Å². The van der Waals surface area contributed by atoms with Gasteiger partial charge in [-0.15, -0.1) is 6.58 Å². The molecular formula is C19H28BBrN2O2S. The van der Waals surface area contributed by atoms with Gasteiger partial charge in [-0.3, -0.25) is 4.79 Å². The second-order valence-electron chi connectivity index (χ2n) is 7.49. The molecule has 1 aromatic carbocycles. The highest BCUT2D eigenvalue weighted by Gasteiger charge is 2.34. The first-order valence-corrected chi connectivity index (χ1v) is 9.97. The first-order valence-electron chi connectivity index (χ1n) is 8.77. The number of carbonyl (C=O) groups is 1. The largest absolute Gasteiger partial charge is 0.506 e. The Balaban J connectivity index is 3.00. The van der Waals surface area contributed by atoms with Gasteiger partial charge in [0.25, 0.3) is 0 Å². The van der Waals surface area contributed by atoms with E-state index in [0.717, 1.165) is 5.56 Å². The Bertz CT molecular complexity index is 698. The molecule has 1 amide bonds. The zero-order chi connectivity index (χ0) is 20.1. The minimum Gasteiger partial charge on any atom is -0.506 e. The van der Waals surface area contributed by atoms with Crippen molar-refractivity contribution in [1.82, 2.24) is 5.32 Å². The number of anilines is 1. The zero-order valence-electron chi connectivity index (χ0n) is 16.2. The number of halogens is 1. The van der Waals surface area contributed by atoms with Crippen LogP contribution in [-0.2, 0) is 10.1 Å². The molecule has 0 aliphatic heterocycles. The number of amides is 1. The molecule has 0 fully saturated rings. The number of hydrogen-bond donors (Lipinski definition) is 3. The summed E-state index contributed by atoms with van der Waals surface area (Å²) in [5.41, 5.74) is 0.985. The summed E-state index contributed by atoms with van der Waals surface area (Å²) in [5, 5.41) is 16.1. The third-order valence-electron chi connectivity index (χ3n) is 4.73. The van der Waals surface area contributed by atoms with Gasteiger partial charge in [-0.1, -0.05) is 33.8 Å². The minimum absolute atomic E-state index is 0.103. The molecule has 0 heterocycles. The van der Waals surface area contributed by atoms with Gasteiger partial charge in [0.15, 0.2) is 5.11 Å². The Hall–Kier alpha value is -1.34. The van der Waals surface area contributed by atoms with Gasteiger partial charge >= 0.3 is 0 Å². The highest BCUT2D eigenvalue weighted by Crippen LogP contribution is 2.37. The van der Waals surface area contributed by atoms with E-state index >= 15 is 0 Å². The Morgan fingerprint density at radius 1 is 1.38 bits per heavy atom.